The maximum atomic E-state index is 4.25. The van der Waals surface area contributed by atoms with E-state index in [2.05, 4.69) is 34.0 Å². The molecule has 0 aliphatic carbocycles. The highest BCUT2D eigenvalue weighted by Gasteiger charge is 2.45. The molecule has 1 fully saturated rings. The average molecular weight is 225 g/mol. The molecule has 0 unspecified atom stereocenters. The summed E-state index contributed by atoms with van der Waals surface area (Å²) >= 11 is 0. The van der Waals surface area contributed by atoms with Crippen molar-refractivity contribution in [3.8, 4) is 0 Å². The van der Waals surface area contributed by atoms with Crippen LogP contribution in [0, 0.1) is 0 Å². The van der Waals surface area contributed by atoms with Crippen LogP contribution in [0.3, 0.4) is 0 Å². The molecule has 17 heavy (non-hydrogen) atoms. The van der Waals surface area contributed by atoms with Crippen molar-refractivity contribution in [2.24, 2.45) is 0 Å². The fraction of sp³-hybridized carbons (Fsp3) is 0.286. The molecule has 0 saturated carbocycles. The molecular weight excluding hydrogens is 210 g/mol. The summed E-state index contributed by atoms with van der Waals surface area (Å²) in [6.45, 7) is 1.11. The third kappa shape index (κ3) is 1.46. The lowest BCUT2D eigenvalue weighted by molar-refractivity contribution is 0.0441. The molecule has 2 aromatic heterocycles. The van der Waals surface area contributed by atoms with Gasteiger partial charge in [-0.05, 0) is 36.7 Å². The van der Waals surface area contributed by atoms with E-state index in [1.54, 1.807) is 0 Å². The van der Waals surface area contributed by atoms with Crippen molar-refractivity contribution in [2.45, 2.75) is 12.0 Å². The molecule has 0 spiro atoms. The Bertz CT molecular complexity index is 456. The first-order valence-corrected chi connectivity index (χ1v) is 5.86. The number of pyridine rings is 2. The predicted octanol–water partition coefficient (Wildman–Crippen LogP) is 2.06. The van der Waals surface area contributed by atoms with Gasteiger partial charge >= 0.3 is 0 Å². The van der Waals surface area contributed by atoms with E-state index in [4.69, 9.17) is 0 Å². The van der Waals surface area contributed by atoms with E-state index >= 15 is 0 Å². The molecule has 1 aliphatic rings. The van der Waals surface area contributed by atoms with Gasteiger partial charge in [0.2, 0.25) is 0 Å². The molecule has 0 radical (unpaired) electrons. The zero-order valence-electron chi connectivity index (χ0n) is 9.87. The minimum absolute atomic E-state index is 0.0253. The van der Waals surface area contributed by atoms with Gasteiger partial charge in [0.1, 0.15) is 0 Å². The molecule has 2 aromatic rings. The zero-order valence-corrected chi connectivity index (χ0v) is 9.87. The standard InChI is InChI=1S/C14H15N3/c1-17-9-6-14(17,12-4-2-7-15-10-12)13-5-3-8-16-11-13/h2-5,7-8,10-11H,6,9H2,1H3. The molecule has 0 N–H and O–H groups in total. The van der Waals surface area contributed by atoms with Crippen molar-refractivity contribution in [1.29, 1.82) is 0 Å². The van der Waals surface area contributed by atoms with Gasteiger partial charge in [-0.15, -0.1) is 0 Å². The molecule has 0 amide bonds. The Morgan fingerprint density at radius 1 is 1.06 bits per heavy atom. The van der Waals surface area contributed by atoms with Crippen LogP contribution in [0.2, 0.25) is 0 Å². The summed E-state index contributed by atoms with van der Waals surface area (Å²) in [4.78, 5) is 10.9. The second-order valence-electron chi connectivity index (χ2n) is 4.52. The first kappa shape index (κ1) is 10.4. The zero-order chi connectivity index (χ0) is 11.7. The highest BCUT2D eigenvalue weighted by atomic mass is 15.2. The lowest BCUT2D eigenvalue weighted by atomic mass is 9.74. The highest BCUT2D eigenvalue weighted by Crippen LogP contribution is 2.44. The maximum Gasteiger partial charge on any atom is 0.0755 e. The largest absolute Gasteiger partial charge is 0.293 e. The van der Waals surface area contributed by atoms with Gasteiger partial charge in [0, 0.05) is 31.3 Å². The van der Waals surface area contributed by atoms with Crippen molar-refractivity contribution in [1.82, 2.24) is 14.9 Å². The monoisotopic (exact) mass is 225 g/mol. The molecule has 0 atom stereocenters. The summed E-state index contributed by atoms with van der Waals surface area (Å²) in [7, 11) is 2.16. The Hall–Kier alpha value is -1.74. The number of hydrogen-bond acceptors (Lipinski definition) is 3. The van der Waals surface area contributed by atoms with Gasteiger partial charge in [-0.25, -0.2) is 0 Å². The highest BCUT2D eigenvalue weighted by molar-refractivity contribution is 5.38. The van der Waals surface area contributed by atoms with E-state index in [1.165, 1.54) is 11.1 Å². The molecular formula is C14H15N3. The van der Waals surface area contributed by atoms with Crippen molar-refractivity contribution in [3.05, 3.63) is 60.2 Å². The first-order valence-electron chi connectivity index (χ1n) is 5.86. The van der Waals surface area contributed by atoms with Crippen LogP contribution in [0.25, 0.3) is 0 Å². The molecule has 1 saturated heterocycles. The minimum Gasteiger partial charge on any atom is -0.293 e. The molecule has 86 valence electrons. The topological polar surface area (TPSA) is 29.0 Å². The van der Waals surface area contributed by atoms with Crippen LogP contribution in [0.1, 0.15) is 17.5 Å². The summed E-state index contributed by atoms with van der Waals surface area (Å²) in [5.41, 5.74) is 2.48. The van der Waals surface area contributed by atoms with Gasteiger partial charge < -0.3 is 0 Å². The van der Waals surface area contributed by atoms with Crippen LogP contribution in [0.15, 0.2) is 49.1 Å². The van der Waals surface area contributed by atoms with Gasteiger partial charge in [-0.1, -0.05) is 12.1 Å². The number of hydrogen-bond donors (Lipinski definition) is 0. The van der Waals surface area contributed by atoms with Gasteiger partial charge in [0.15, 0.2) is 0 Å². The third-order valence-electron chi connectivity index (χ3n) is 3.74. The predicted molar refractivity (Wildman–Crippen MR) is 66.5 cm³/mol. The van der Waals surface area contributed by atoms with Crippen LogP contribution in [0.5, 0.6) is 0 Å². The number of aromatic nitrogens is 2. The Morgan fingerprint density at radius 3 is 1.94 bits per heavy atom. The van der Waals surface area contributed by atoms with E-state index < -0.39 is 0 Å². The third-order valence-corrected chi connectivity index (χ3v) is 3.74. The second kappa shape index (κ2) is 3.93. The number of rotatable bonds is 2. The van der Waals surface area contributed by atoms with Crippen molar-refractivity contribution in [2.75, 3.05) is 13.6 Å². The molecule has 0 bridgehead atoms. The summed E-state index contributed by atoms with van der Waals surface area (Å²) in [6.07, 6.45) is 8.68. The smallest absolute Gasteiger partial charge is 0.0755 e. The quantitative estimate of drug-likeness (QED) is 0.783. The van der Waals surface area contributed by atoms with E-state index in [-0.39, 0.29) is 5.54 Å². The minimum atomic E-state index is -0.0253. The van der Waals surface area contributed by atoms with E-state index in [1.807, 2.05) is 36.9 Å². The van der Waals surface area contributed by atoms with Crippen molar-refractivity contribution >= 4 is 0 Å². The van der Waals surface area contributed by atoms with Crippen LogP contribution in [-0.4, -0.2) is 28.5 Å². The lowest BCUT2D eigenvalue weighted by Gasteiger charge is -2.51. The summed E-state index contributed by atoms with van der Waals surface area (Å²) < 4.78 is 0. The van der Waals surface area contributed by atoms with E-state index in [0.29, 0.717) is 0 Å². The van der Waals surface area contributed by atoms with Crippen LogP contribution >= 0.6 is 0 Å². The Labute approximate surface area is 101 Å². The molecule has 1 aliphatic heterocycles. The fourth-order valence-electron chi connectivity index (χ4n) is 2.67. The van der Waals surface area contributed by atoms with Gasteiger partial charge in [0.05, 0.1) is 5.54 Å². The SMILES string of the molecule is CN1CCC1(c1cccnc1)c1cccnc1. The van der Waals surface area contributed by atoms with Crippen LogP contribution in [0.4, 0.5) is 0 Å². The summed E-state index contributed by atoms with van der Waals surface area (Å²) in [5, 5.41) is 0. The molecule has 3 heterocycles. The van der Waals surface area contributed by atoms with Crippen molar-refractivity contribution < 1.29 is 0 Å². The molecule has 3 heteroatoms. The Kier molecular flexibility index (Phi) is 2.41. The summed E-state index contributed by atoms with van der Waals surface area (Å²) in [6, 6.07) is 8.30. The summed E-state index contributed by atoms with van der Waals surface area (Å²) in [5.74, 6) is 0. The second-order valence-corrected chi connectivity index (χ2v) is 4.52. The van der Waals surface area contributed by atoms with E-state index in [9.17, 15) is 0 Å². The molecule has 0 aromatic carbocycles. The lowest BCUT2D eigenvalue weighted by Crippen LogP contribution is -2.55. The molecule has 3 nitrogen and oxygen atoms in total. The first-order chi connectivity index (χ1) is 8.34. The van der Waals surface area contributed by atoms with Gasteiger partial charge in [0.25, 0.3) is 0 Å². The van der Waals surface area contributed by atoms with Crippen molar-refractivity contribution in [3.63, 3.8) is 0 Å². The van der Waals surface area contributed by atoms with Gasteiger partial charge in [-0.3, -0.25) is 14.9 Å². The fourth-order valence-corrected chi connectivity index (χ4v) is 2.67. The number of nitrogens with zero attached hydrogens (tertiary/aromatic N) is 3. The number of likely N-dealkylation sites (tertiary alicyclic amines) is 1. The van der Waals surface area contributed by atoms with Gasteiger partial charge in [-0.2, -0.15) is 0 Å². The van der Waals surface area contributed by atoms with E-state index in [0.717, 1.165) is 13.0 Å². The Balaban J connectivity index is 2.12. The van der Waals surface area contributed by atoms with Crippen LogP contribution in [-0.2, 0) is 5.54 Å². The molecule has 3 rings (SSSR count). The average Bonchev–Trinajstić information content (AvgIpc) is 2.40. The van der Waals surface area contributed by atoms with Crippen LogP contribution < -0.4 is 0 Å². The normalized spacial score (nSPS) is 18.6. The maximum absolute atomic E-state index is 4.25. The Morgan fingerprint density at radius 2 is 1.65 bits per heavy atom.